The molecule has 3 heteroatoms. The first-order valence-electron chi connectivity index (χ1n) is 4.38. The molecule has 3 nitrogen and oxygen atoms in total. The van der Waals surface area contributed by atoms with Crippen LogP contribution >= 0.6 is 0 Å². The van der Waals surface area contributed by atoms with Crippen molar-refractivity contribution >= 4 is 0 Å². The average molecular weight is 167 g/mol. The fourth-order valence-electron chi connectivity index (χ4n) is 1.42. The van der Waals surface area contributed by atoms with Gasteiger partial charge in [0.1, 0.15) is 0 Å². The van der Waals surface area contributed by atoms with Crippen LogP contribution < -0.4 is 5.32 Å². The molecular formula is C9H17N3. The van der Waals surface area contributed by atoms with E-state index in [-0.39, 0.29) is 5.54 Å². The maximum absolute atomic E-state index is 8.53. The molecule has 1 saturated heterocycles. The molecule has 0 bridgehead atoms. The molecule has 0 saturated carbocycles. The third-order valence-corrected chi connectivity index (χ3v) is 2.69. The smallest absolute Gasteiger partial charge is 0.0638 e. The molecule has 1 fully saturated rings. The van der Waals surface area contributed by atoms with Gasteiger partial charge < -0.3 is 5.32 Å². The molecule has 0 spiro atoms. The summed E-state index contributed by atoms with van der Waals surface area (Å²) in [5, 5.41) is 11.9. The van der Waals surface area contributed by atoms with Gasteiger partial charge in [-0.15, -0.1) is 0 Å². The van der Waals surface area contributed by atoms with Gasteiger partial charge in [0, 0.05) is 24.7 Å². The predicted molar refractivity (Wildman–Crippen MR) is 48.7 cm³/mol. The zero-order valence-electron chi connectivity index (χ0n) is 8.09. The van der Waals surface area contributed by atoms with Crippen LogP contribution in [-0.4, -0.2) is 36.6 Å². The number of rotatable bonds is 1. The Labute approximate surface area is 74.4 Å². The van der Waals surface area contributed by atoms with E-state index in [9.17, 15) is 0 Å². The second-order valence-corrected chi connectivity index (χ2v) is 4.13. The molecule has 0 radical (unpaired) electrons. The first-order chi connectivity index (χ1) is 5.56. The molecule has 12 heavy (non-hydrogen) atoms. The predicted octanol–water partition coefficient (Wildman–Crippen LogP) is 0.582. The number of hydrogen-bond acceptors (Lipinski definition) is 3. The van der Waals surface area contributed by atoms with Gasteiger partial charge in [0.15, 0.2) is 0 Å². The molecule has 0 aromatic carbocycles. The van der Waals surface area contributed by atoms with Gasteiger partial charge in [-0.3, -0.25) is 4.90 Å². The lowest BCUT2D eigenvalue weighted by atomic mass is 9.97. The van der Waals surface area contributed by atoms with E-state index in [1.165, 1.54) is 0 Å². The monoisotopic (exact) mass is 167 g/mol. The molecule has 0 aliphatic carbocycles. The summed E-state index contributed by atoms with van der Waals surface area (Å²) in [6.45, 7) is 6.36. The molecule has 1 aliphatic heterocycles. The lowest BCUT2D eigenvalue weighted by Crippen LogP contribution is -2.60. The van der Waals surface area contributed by atoms with Gasteiger partial charge in [-0.1, -0.05) is 0 Å². The molecule has 0 aromatic rings. The Morgan fingerprint density at radius 1 is 1.67 bits per heavy atom. The van der Waals surface area contributed by atoms with Crippen LogP contribution in [0.5, 0.6) is 0 Å². The molecule has 1 N–H and O–H groups in total. The molecule has 68 valence electrons. The van der Waals surface area contributed by atoms with Crippen molar-refractivity contribution in [2.24, 2.45) is 0 Å². The van der Waals surface area contributed by atoms with Gasteiger partial charge in [0.25, 0.3) is 0 Å². The standard InChI is InChI=1S/C9H17N3/c1-9(2)7-11-8(4-5-10)6-12(9)3/h8,11H,4,6-7H2,1-3H3. The highest BCUT2D eigenvalue weighted by Gasteiger charge is 2.30. The summed E-state index contributed by atoms with van der Waals surface area (Å²) in [5.41, 5.74) is 0.228. The van der Waals surface area contributed by atoms with Crippen molar-refractivity contribution in [3.8, 4) is 6.07 Å². The van der Waals surface area contributed by atoms with Crippen LogP contribution in [0, 0.1) is 11.3 Å². The van der Waals surface area contributed by atoms with Crippen LogP contribution in [0.1, 0.15) is 20.3 Å². The van der Waals surface area contributed by atoms with E-state index < -0.39 is 0 Å². The van der Waals surface area contributed by atoms with Crippen LogP contribution in [0.4, 0.5) is 0 Å². The van der Waals surface area contributed by atoms with Crippen LogP contribution in [0.15, 0.2) is 0 Å². The minimum Gasteiger partial charge on any atom is -0.310 e. The highest BCUT2D eigenvalue weighted by Crippen LogP contribution is 2.16. The van der Waals surface area contributed by atoms with Crippen LogP contribution in [-0.2, 0) is 0 Å². The lowest BCUT2D eigenvalue weighted by Gasteiger charge is -2.43. The van der Waals surface area contributed by atoms with Crippen molar-refractivity contribution < 1.29 is 0 Å². The van der Waals surface area contributed by atoms with Crippen molar-refractivity contribution in [1.29, 1.82) is 5.26 Å². The summed E-state index contributed by atoms with van der Waals surface area (Å²) in [6, 6.07) is 2.55. The first-order valence-corrected chi connectivity index (χ1v) is 4.38. The third-order valence-electron chi connectivity index (χ3n) is 2.69. The summed E-state index contributed by atoms with van der Waals surface area (Å²) in [5.74, 6) is 0. The van der Waals surface area contributed by atoms with Gasteiger partial charge in [0.05, 0.1) is 12.5 Å². The Hall–Kier alpha value is -0.590. The Kier molecular flexibility index (Phi) is 2.71. The van der Waals surface area contributed by atoms with Crippen LogP contribution in [0.2, 0.25) is 0 Å². The lowest BCUT2D eigenvalue weighted by molar-refractivity contribution is 0.0957. The number of likely N-dealkylation sites (N-methyl/N-ethyl adjacent to an activating group) is 1. The summed E-state index contributed by atoms with van der Waals surface area (Å²) in [7, 11) is 2.12. The summed E-state index contributed by atoms with van der Waals surface area (Å²) < 4.78 is 0. The number of nitrogens with zero attached hydrogens (tertiary/aromatic N) is 2. The van der Waals surface area contributed by atoms with Gasteiger partial charge >= 0.3 is 0 Å². The Morgan fingerprint density at radius 2 is 2.33 bits per heavy atom. The van der Waals surface area contributed by atoms with E-state index in [0.717, 1.165) is 13.1 Å². The summed E-state index contributed by atoms with van der Waals surface area (Å²) in [4.78, 5) is 2.31. The van der Waals surface area contributed by atoms with Crippen LogP contribution in [0.25, 0.3) is 0 Å². The highest BCUT2D eigenvalue weighted by molar-refractivity contribution is 4.94. The quantitative estimate of drug-likeness (QED) is 0.621. The Balaban J connectivity index is 2.48. The van der Waals surface area contributed by atoms with Crippen LogP contribution in [0.3, 0.4) is 0 Å². The van der Waals surface area contributed by atoms with Crippen molar-refractivity contribution in [3.05, 3.63) is 0 Å². The van der Waals surface area contributed by atoms with Gasteiger partial charge in [0.2, 0.25) is 0 Å². The maximum atomic E-state index is 8.53. The Bertz CT molecular complexity index is 192. The molecule has 1 heterocycles. The zero-order chi connectivity index (χ0) is 9.19. The number of hydrogen-bond donors (Lipinski definition) is 1. The SMILES string of the molecule is CN1CC(CC#N)NCC1(C)C. The van der Waals surface area contributed by atoms with E-state index in [1.807, 2.05) is 0 Å². The van der Waals surface area contributed by atoms with Gasteiger partial charge in [-0.05, 0) is 20.9 Å². The first kappa shape index (κ1) is 9.50. The maximum Gasteiger partial charge on any atom is 0.0638 e. The summed E-state index contributed by atoms with van der Waals surface area (Å²) >= 11 is 0. The van der Waals surface area contributed by atoms with E-state index >= 15 is 0 Å². The number of nitrogens with one attached hydrogen (secondary N) is 1. The van der Waals surface area contributed by atoms with Crippen molar-refractivity contribution in [2.45, 2.75) is 31.8 Å². The zero-order valence-corrected chi connectivity index (χ0v) is 8.09. The molecular weight excluding hydrogens is 150 g/mol. The number of piperazine rings is 1. The minimum absolute atomic E-state index is 0.228. The fourth-order valence-corrected chi connectivity index (χ4v) is 1.42. The van der Waals surface area contributed by atoms with E-state index in [1.54, 1.807) is 0 Å². The second kappa shape index (κ2) is 3.42. The third kappa shape index (κ3) is 1.96. The van der Waals surface area contributed by atoms with Gasteiger partial charge in [-0.25, -0.2) is 0 Å². The van der Waals surface area contributed by atoms with Crippen molar-refractivity contribution in [3.63, 3.8) is 0 Å². The molecule has 0 aromatic heterocycles. The number of nitriles is 1. The van der Waals surface area contributed by atoms with E-state index in [4.69, 9.17) is 5.26 Å². The van der Waals surface area contributed by atoms with E-state index in [0.29, 0.717) is 12.5 Å². The van der Waals surface area contributed by atoms with Gasteiger partial charge in [-0.2, -0.15) is 5.26 Å². The summed E-state index contributed by atoms with van der Waals surface area (Å²) in [6.07, 6.45) is 0.612. The van der Waals surface area contributed by atoms with E-state index in [2.05, 4.69) is 37.2 Å². The molecule has 1 atom stereocenters. The minimum atomic E-state index is 0.228. The highest BCUT2D eigenvalue weighted by atomic mass is 15.2. The molecule has 1 aliphatic rings. The van der Waals surface area contributed by atoms with Crippen molar-refractivity contribution in [1.82, 2.24) is 10.2 Å². The molecule has 1 rings (SSSR count). The van der Waals surface area contributed by atoms with Crippen molar-refractivity contribution in [2.75, 3.05) is 20.1 Å². The molecule has 0 amide bonds. The molecule has 1 unspecified atom stereocenters. The largest absolute Gasteiger partial charge is 0.310 e. The normalized spacial score (nSPS) is 29.7. The topological polar surface area (TPSA) is 39.1 Å². The average Bonchev–Trinajstić information content (AvgIpc) is 1.98. The Morgan fingerprint density at radius 3 is 2.83 bits per heavy atom. The second-order valence-electron chi connectivity index (χ2n) is 4.13. The fraction of sp³-hybridized carbons (Fsp3) is 0.889.